The van der Waals surface area contributed by atoms with Gasteiger partial charge in [0, 0.05) is 42.8 Å². The minimum atomic E-state index is -5.03. The van der Waals surface area contributed by atoms with E-state index in [1.807, 2.05) is 6.92 Å². The van der Waals surface area contributed by atoms with E-state index in [-0.39, 0.29) is 47.5 Å². The van der Waals surface area contributed by atoms with Crippen LogP contribution in [0.25, 0.3) is 22.2 Å². The smallest absolute Gasteiger partial charge is 0.417 e. The summed E-state index contributed by atoms with van der Waals surface area (Å²) < 4.78 is 92.7. The minimum absolute atomic E-state index is 0.0528. The third-order valence-corrected chi connectivity index (χ3v) is 10.6. The number of morpholine rings is 1. The quantitative estimate of drug-likeness (QED) is 0.298. The van der Waals surface area contributed by atoms with Crippen molar-refractivity contribution in [2.24, 2.45) is 0 Å². The SMILES string of the molecule is Cc1c(F)c(N)cc(-c2nc3c4c(nc(OCC[C@@H]5CC[C@H]6COCCN56)nc4c2F)N2C[C@H]4CC[C@H](N4)[C@H]2[C@H](C)O3)c1C(F)(F)F. The number of ether oxygens (including phenoxy) is 3. The molecule has 0 spiro atoms. The Morgan fingerprint density at radius 1 is 1.11 bits per heavy atom. The molecule has 4 saturated heterocycles. The summed E-state index contributed by atoms with van der Waals surface area (Å²) >= 11 is 0. The fourth-order valence-corrected chi connectivity index (χ4v) is 8.45. The molecule has 15 heteroatoms. The zero-order chi connectivity index (χ0) is 32.8. The average molecular weight is 662 g/mol. The molecule has 0 radical (unpaired) electrons. The van der Waals surface area contributed by atoms with Crippen LogP contribution in [0, 0.1) is 18.6 Å². The van der Waals surface area contributed by atoms with Crippen molar-refractivity contribution in [2.45, 2.75) is 88.4 Å². The first-order chi connectivity index (χ1) is 22.5. The van der Waals surface area contributed by atoms with E-state index < -0.39 is 52.0 Å². The largest absolute Gasteiger partial charge is 0.472 e. The summed E-state index contributed by atoms with van der Waals surface area (Å²) in [5, 5.41) is 3.78. The maximum Gasteiger partial charge on any atom is 0.417 e. The number of fused-ring (bicyclic) bond motifs is 6. The fraction of sp³-hybridized carbons (Fsp3) is 0.594. The lowest BCUT2D eigenvalue weighted by atomic mass is 9.96. The van der Waals surface area contributed by atoms with E-state index in [9.17, 15) is 17.6 Å². The number of aromatic nitrogens is 3. The Bertz CT molecular complexity index is 1740. The topological polar surface area (TPSA) is 111 Å². The molecular weight excluding hydrogens is 625 g/mol. The fourth-order valence-electron chi connectivity index (χ4n) is 8.45. The summed E-state index contributed by atoms with van der Waals surface area (Å²) in [5.74, 6) is -2.09. The van der Waals surface area contributed by atoms with Crippen LogP contribution in [0.1, 0.15) is 50.2 Å². The van der Waals surface area contributed by atoms with Crippen molar-refractivity contribution in [3.63, 3.8) is 0 Å². The van der Waals surface area contributed by atoms with Crippen LogP contribution in [0.3, 0.4) is 0 Å². The molecule has 3 aromatic rings. The highest BCUT2D eigenvalue weighted by Crippen LogP contribution is 2.47. The van der Waals surface area contributed by atoms with Gasteiger partial charge in [0.15, 0.2) is 5.82 Å². The van der Waals surface area contributed by atoms with Gasteiger partial charge < -0.3 is 30.2 Å². The van der Waals surface area contributed by atoms with Crippen molar-refractivity contribution in [3.05, 3.63) is 28.8 Å². The van der Waals surface area contributed by atoms with Gasteiger partial charge in [-0.1, -0.05) is 0 Å². The van der Waals surface area contributed by atoms with Gasteiger partial charge in [-0.05, 0) is 57.6 Å². The predicted molar refractivity (Wildman–Crippen MR) is 162 cm³/mol. The number of anilines is 2. The number of rotatable bonds is 5. The van der Waals surface area contributed by atoms with Crippen molar-refractivity contribution < 1.29 is 36.2 Å². The first-order valence-electron chi connectivity index (χ1n) is 16.2. The summed E-state index contributed by atoms with van der Waals surface area (Å²) in [6, 6.07) is 1.39. The van der Waals surface area contributed by atoms with Crippen LogP contribution < -0.4 is 25.4 Å². The average Bonchev–Trinajstić information content (AvgIpc) is 3.59. The monoisotopic (exact) mass is 661 g/mol. The Balaban J connectivity index is 1.25. The van der Waals surface area contributed by atoms with Gasteiger partial charge in [0.1, 0.15) is 34.3 Å². The molecule has 5 aliphatic rings. The summed E-state index contributed by atoms with van der Waals surface area (Å²) in [5.41, 5.74) is 1.41. The number of hydrogen-bond donors (Lipinski definition) is 2. The molecular formula is C32H36F5N7O3. The van der Waals surface area contributed by atoms with Gasteiger partial charge in [0.25, 0.3) is 0 Å². The highest BCUT2D eigenvalue weighted by Gasteiger charge is 2.47. The molecule has 0 unspecified atom stereocenters. The number of piperazine rings is 1. The standard InChI is InChI=1S/C32H36F5N7O3/c1-14-23(32(35,36)37)19(11-20(38)24(14)33)26-25(34)27-22-29(44-12-16-3-6-21(39-16)28(44)15(2)47-30(22)40-26)42-31(41-27)46-9-7-17-4-5-18-13-45-10-8-43(17)18/h11,15-18,21,28,39H,3-10,12-13,38H2,1-2H3/t15-,16+,17-,18-,21-,28+/m0/s1. The molecule has 0 aliphatic carbocycles. The van der Waals surface area contributed by atoms with Crippen LogP contribution >= 0.6 is 0 Å². The molecule has 47 heavy (non-hydrogen) atoms. The minimum Gasteiger partial charge on any atom is -0.472 e. The van der Waals surface area contributed by atoms with Crippen LogP contribution in [-0.2, 0) is 10.9 Å². The van der Waals surface area contributed by atoms with Crippen molar-refractivity contribution in [3.8, 4) is 23.1 Å². The van der Waals surface area contributed by atoms with E-state index in [1.165, 1.54) is 0 Å². The molecule has 0 saturated carbocycles. The third-order valence-electron chi connectivity index (χ3n) is 10.6. The Morgan fingerprint density at radius 2 is 1.94 bits per heavy atom. The molecule has 6 atom stereocenters. The number of nitrogens with one attached hydrogen (secondary N) is 1. The molecule has 1 aromatic carbocycles. The Hall–Kier alpha value is -3.56. The van der Waals surface area contributed by atoms with Gasteiger partial charge in [-0.2, -0.15) is 23.1 Å². The molecule has 3 N–H and O–H groups in total. The summed E-state index contributed by atoms with van der Waals surface area (Å²) in [7, 11) is 0. The first kappa shape index (κ1) is 30.8. The lowest BCUT2D eigenvalue weighted by Crippen LogP contribution is -2.62. The Kier molecular flexibility index (Phi) is 7.37. The number of alkyl halides is 3. The van der Waals surface area contributed by atoms with Gasteiger partial charge in [-0.3, -0.25) is 4.90 Å². The second-order valence-electron chi connectivity index (χ2n) is 13.3. The van der Waals surface area contributed by atoms with E-state index in [1.54, 1.807) is 0 Å². The van der Waals surface area contributed by atoms with Crippen LogP contribution in [0.2, 0.25) is 0 Å². The summed E-state index contributed by atoms with van der Waals surface area (Å²) in [6.45, 7) is 5.90. The maximum atomic E-state index is 16.7. The number of nitrogens with zero attached hydrogens (tertiary/aromatic N) is 5. The molecule has 10 nitrogen and oxygen atoms in total. The zero-order valence-electron chi connectivity index (χ0n) is 26.0. The van der Waals surface area contributed by atoms with Gasteiger partial charge in [0.2, 0.25) is 5.88 Å². The maximum absolute atomic E-state index is 16.7. The molecule has 4 fully saturated rings. The van der Waals surface area contributed by atoms with Crippen molar-refractivity contribution in [2.75, 3.05) is 43.5 Å². The highest BCUT2D eigenvalue weighted by atomic mass is 19.4. The van der Waals surface area contributed by atoms with Crippen molar-refractivity contribution in [1.82, 2.24) is 25.2 Å². The Labute approximate surface area is 267 Å². The van der Waals surface area contributed by atoms with E-state index in [0.29, 0.717) is 37.5 Å². The van der Waals surface area contributed by atoms with E-state index in [2.05, 4.69) is 25.1 Å². The number of hydrogen-bond acceptors (Lipinski definition) is 10. The van der Waals surface area contributed by atoms with Gasteiger partial charge in [-0.25, -0.2) is 13.8 Å². The predicted octanol–water partition coefficient (Wildman–Crippen LogP) is 4.60. The molecule has 2 bridgehead atoms. The second-order valence-corrected chi connectivity index (χ2v) is 13.3. The first-order valence-corrected chi connectivity index (χ1v) is 16.2. The molecule has 8 rings (SSSR count). The number of nitrogens with two attached hydrogens (primary N) is 1. The van der Waals surface area contributed by atoms with Crippen molar-refractivity contribution >= 4 is 22.4 Å². The molecule has 2 aromatic heterocycles. The van der Waals surface area contributed by atoms with Gasteiger partial charge in [0.05, 0.1) is 37.1 Å². The number of halogens is 5. The van der Waals surface area contributed by atoms with E-state index >= 15 is 4.39 Å². The highest BCUT2D eigenvalue weighted by molar-refractivity contribution is 5.97. The van der Waals surface area contributed by atoms with Crippen LogP contribution in [-0.4, -0.2) is 89.1 Å². The van der Waals surface area contributed by atoms with E-state index in [4.69, 9.17) is 24.9 Å². The molecule has 252 valence electrons. The van der Waals surface area contributed by atoms with Gasteiger partial charge in [-0.15, -0.1) is 0 Å². The van der Waals surface area contributed by atoms with Crippen LogP contribution in [0.15, 0.2) is 6.07 Å². The summed E-state index contributed by atoms with van der Waals surface area (Å²) in [6.07, 6.45) is -0.921. The number of pyridine rings is 1. The zero-order valence-corrected chi connectivity index (χ0v) is 26.0. The molecule has 7 heterocycles. The molecule has 5 aliphatic heterocycles. The van der Waals surface area contributed by atoms with Crippen LogP contribution in [0.5, 0.6) is 11.9 Å². The normalized spacial score (nSPS) is 28.6. The third kappa shape index (κ3) is 5.03. The number of nitrogen functional groups attached to an aromatic ring is 1. The van der Waals surface area contributed by atoms with E-state index in [0.717, 1.165) is 51.8 Å². The van der Waals surface area contributed by atoms with Crippen LogP contribution in [0.4, 0.5) is 33.5 Å². The van der Waals surface area contributed by atoms with Crippen molar-refractivity contribution in [1.29, 1.82) is 0 Å². The molecule has 0 amide bonds. The van der Waals surface area contributed by atoms with Gasteiger partial charge >= 0.3 is 12.2 Å². The lowest BCUT2D eigenvalue weighted by Gasteiger charge is -2.42. The Morgan fingerprint density at radius 3 is 2.74 bits per heavy atom. The summed E-state index contributed by atoms with van der Waals surface area (Å²) in [4.78, 5) is 18.1. The number of benzene rings is 1. The second kappa shape index (κ2) is 11.3. The lowest BCUT2D eigenvalue weighted by molar-refractivity contribution is -0.137.